The monoisotopic (exact) mass is 605 g/mol. The summed E-state index contributed by atoms with van der Waals surface area (Å²) in [5.74, 6) is 0.442. The van der Waals surface area contributed by atoms with E-state index in [1.807, 2.05) is 18.2 Å². The minimum atomic E-state index is -3.27. The maximum absolute atomic E-state index is 14.5. The van der Waals surface area contributed by atoms with Crippen molar-refractivity contribution in [1.82, 2.24) is 4.90 Å². The Kier molecular flexibility index (Phi) is 9.43. The molecule has 0 spiro atoms. The van der Waals surface area contributed by atoms with Gasteiger partial charge in [0, 0.05) is 37.7 Å². The van der Waals surface area contributed by atoms with Crippen molar-refractivity contribution in [3.05, 3.63) is 72.6 Å². The van der Waals surface area contributed by atoms with Crippen LogP contribution in [0.15, 0.2) is 66.1 Å². The summed E-state index contributed by atoms with van der Waals surface area (Å²) in [7, 11) is -3.27. The van der Waals surface area contributed by atoms with Crippen molar-refractivity contribution in [2.45, 2.75) is 67.9 Å². The molecule has 230 valence electrons. The van der Waals surface area contributed by atoms with E-state index in [1.165, 1.54) is 12.1 Å². The van der Waals surface area contributed by atoms with Gasteiger partial charge >= 0.3 is 0 Å². The fourth-order valence-electron chi connectivity index (χ4n) is 7.91. The van der Waals surface area contributed by atoms with Crippen molar-refractivity contribution in [2.75, 3.05) is 37.6 Å². The van der Waals surface area contributed by atoms with Crippen LogP contribution in [0.1, 0.15) is 57.9 Å². The molecule has 43 heavy (non-hydrogen) atoms. The Morgan fingerprint density at radius 2 is 1.81 bits per heavy atom. The number of hydrogen-bond donors (Lipinski definition) is 0. The third kappa shape index (κ3) is 6.30. The van der Waals surface area contributed by atoms with Gasteiger partial charge < -0.3 is 9.80 Å². The smallest absolute Gasteiger partial charge is 0.180 e. The summed E-state index contributed by atoms with van der Waals surface area (Å²) in [6, 6.07) is 16.6. The molecule has 3 atom stereocenters. The number of nitrogens with zero attached hydrogens (tertiary/aromatic N) is 3. The van der Waals surface area contributed by atoms with Gasteiger partial charge in [0.05, 0.1) is 21.6 Å². The lowest BCUT2D eigenvalue weighted by molar-refractivity contribution is -0.115. The van der Waals surface area contributed by atoms with Crippen LogP contribution in [0.4, 0.5) is 10.1 Å². The quantitative estimate of drug-likeness (QED) is 0.285. The zero-order chi connectivity index (χ0) is 30.8. The van der Waals surface area contributed by atoms with Crippen LogP contribution in [0, 0.1) is 40.8 Å². The Morgan fingerprint density at radius 3 is 2.42 bits per heavy atom. The van der Waals surface area contributed by atoms with Gasteiger partial charge in [0.25, 0.3) is 0 Å². The highest BCUT2D eigenvalue weighted by atomic mass is 32.2. The van der Waals surface area contributed by atoms with Crippen LogP contribution in [-0.4, -0.2) is 57.1 Å². The lowest BCUT2D eigenvalue weighted by Gasteiger charge is -2.48. The molecular formula is C35H44FN3O3S. The third-order valence-electron chi connectivity index (χ3n) is 10.3. The predicted molar refractivity (Wildman–Crippen MR) is 168 cm³/mol. The van der Waals surface area contributed by atoms with E-state index in [0.717, 1.165) is 76.1 Å². The molecule has 3 aliphatic rings. The average Bonchev–Trinajstić information content (AvgIpc) is 3.44. The van der Waals surface area contributed by atoms with Gasteiger partial charge in [-0.15, -0.1) is 0 Å². The first kappa shape index (κ1) is 31.4. The van der Waals surface area contributed by atoms with E-state index in [2.05, 4.69) is 22.4 Å². The number of rotatable bonds is 11. The lowest BCUT2D eigenvalue weighted by atomic mass is 9.57. The van der Waals surface area contributed by atoms with Crippen LogP contribution < -0.4 is 4.90 Å². The molecule has 0 aromatic heterocycles. The van der Waals surface area contributed by atoms with Crippen LogP contribution in [0.5, 0.6) is 0 Å². The SMILES string of the molecule is C=CC(=O)C[C@H]1CCC[C@@H]1[C@](C#N)(c1cccc(F)c1)C1CCN(CC2CN(c3ccc(S(=O)(=O)C(C)C)cc3)C2)CC1. The number of likely N-dealkylation sites (tertiary alicyclic amines) is 1. The topological polar surface area (TPSA) is 81.5 Å². The Balaban J connectivity index is 1.23. The molecule has 2 heterocycles. The molecule has 1 aliphatic carbocycles. The number of benzene rings is 2. The Bertz CT molecular complexity index is 1450. The van der Waals surface area contributed by atoms with Crippen molar-refractivity contribution < 1.29 is 17.6 Å². The number of nitriles is 1. The van der Waals surface area contributed by atoms with Gasteiger partial charge in [0.1, 0.15) is 5.82 Å². The molecular weight excluding hydrogens is 561 g/mol. The van der Waals surface area contributed by atoms with Crippen LogP contribution >= 0.6 is 0 Å². The summed E-state index contributed by atoms with van der Waals surface area (Å²) in [4.78, 5) is 17.5. The molecule has 0 unspecified atom stereocenters. The lowest BCUT2D eigenvalue weighted by Crippen LogP contribution is -2.54. The maximum Gasteiger partial charge on any atom is 0.180 e. The zero-order valence-corrected chi connectivity index (χ0v) is 26.2. The Hall–Kier alpha value is -3.02. The van der Waals surface area contributed by atoms with Gasteiger partial charge in [0.15, 0.2) is 15.6 Å². The van der Waals surface area contributed by atoms with Gasteiger partial charge in [-0.1, -0.05) is 25.1 Å². The molecule has 6 nitrogen and oxygen atoms in total. The first-order chi connectivity index (χ1) is 20.6. The van der Waals surface area contributed by atoms with E-state index in [0.29, 0.717) is 17.2 Å². The molecule has 2 saturated heterocycles. The van der Waals surface area contributed by atoms with E-state index < -0.39 is 20.5 Å². The van der Waals surface area contributed by atoms with Crippen molar-refractivity contribution in [3.8, 4) is 6.07 Å². The average molecular weight is 606 g/mol. The maximum atomic E-state index is 14.5. The first-order valence-electron chi connectivity index (χ1n) is 15.7. The number of sulfone groups is 1. The number of carbonyl (C=O) groups is 1. The second-order valence-corrected chi connectivity index (χ2v) is 15.6. The van der Waals surface area contributed by atoms with Crippen molar-refractivity contribution in [2.24, 2.45) is 23.7 Å². The minimum absolute atomic E-state index is 0.0156. The highest BCUT2D eigenvalue weighted by Crippen LogP contribution is 2.53. The normalized spacial score (nSPS) is 23.5. The third-order valence-corrected chi connectivity index (χ3v) is 12.4. The van der Waals surface area contributed by atoms with Gasteiger partial charge in [0.2, 0.25) is 0 Å². The number of anilines is 1. The Labute approximate surface area is 256 Å². The van der Waals surface area contributed by atoms with Crippen molar-refractivity contribution in [3.63, 3.8) is 0 Å². The second-order valence-electron chi connectivity index (χ2n) is 13.1. The minimum Gasteiger partial charge on any atom is -0.371 e. The zero-order valence-electron chi connectivity index (χ0n) is 25.4. The van der Waals surface area contributed by atoms with Crippen molar-refractivity contribution >= 4 is 21.3 Å². The second kappa shape index (κ2) is 12.9. The fourth-order valence-corrected chi connectivity index (χ4v) is 8.97. The molecule has 2 aromatic carbocycles. The van der Waals surface area contributed by atoms with E-state index in [4.69, 9.17) is 0 Å². The molecule has 0 N–H and O–H groups in total. The summed E-state index contributed by atoms with van der Waals surface area (Å²) in [6.45, 7) is 11.7. The highest BCUT2D eigenvalue weighted by Gasteiger charge is 2.52. The van der Waals surface area contributed by atoms with Crippen LogP contribution in [-0.2, 0) is 20.0 Å². The fraction of sp³-hybridized carbons (Fsp3) is 0.543. The van der Waals surface area contributed by atoms with Gasteiger partial charge in [-0.3, -0.25) is 4.79 Å². The van der Waals surface area contributed by atoms with E-state index in [-0.39, 0.29) is 29.4 Å². The number of ketones is 1. The van der Waals surface area contributed by atoms with Crippen LogP contribution in [0.2, 0.25) is 0 Å². The standard InChI is InChI=1S/C35H44FN3O3S/c1-4-32(40)19-27-7-5-10-34(27)35(24-37,29-8-6-9-30(36)20-29)28-15-17-38(18-16-28)21-26-22-39(23-26)31-11-13-33(14-12-31)43(41,42)25(2)3/h4,6,8-9,11-14,20,25-28,34H,1,5,7,10,15-19,21-23H2,2-3H3/t27-,34+,35+/m1/s1. The highest BCUT2D eigenvalue weighted by molar-refractivity contribution is 7.92. The van der Waals surface area contributed by atoms with E-state index in [1.54, 1.807) is 38.1 Å². The molecule has 1 saturated carbocycles. The number of carbonyl (C=O) groups excluding carboxylic acids is 1. The number of halogens is 1. The molecule has 2 aliphatic heterocycles. The van der Waals surface area contributed by atoms with Gasteiger partial charge in [-0.2, -0.15) is 5.26 Å². The molecule has 8 heteroatoms. The number of piperidine rings is 1. The predicted octanol–water partition coefficient (Wildman–Crippen LogP) is 6.18. The molecule has 3 fully saturated rings. The Morgan fingerprint density at radius 1 is 1.12 bits per heavy atom. The summed E-state index contributed by atoms with van der Waals surface area (Å²) >= 11 is 0. The molecule has 2 aromatic rings. The summed E-state index contributed by atoms with van der Waals surface area (Å²) in [5, 5.41) is 10.5. The van der Waals surface area contributed by atoms with Crippen molar-refractivity contribution in [1.29, 1.82) is 5.26 Å². The van der Waals surface area contributed by atoms with Crippen LogP contribution in [0.25, 0.3) is 0 Å². The molecule has 5 rings (SSSR count). The summed E-state index contributed by atoms with van der Waals surface area (Å²) in [6.07, 6.45) is 6.29. The van der Waals surface area contributed by atoms with Gasteiger partial charge in [-0.05, 0) is 118 Å². The number of hydrogen-bond acceptors (Lipinski definition) is 6. The molecule has 0 radical (unpaired) electrons. The number of allylic oxidation sites excluding steroid dienone is 1. The van der Waals surface area contributed by atoms with Gasteiger partial charge in [-0.25, -0.2) is 12.8 Å². The first-order valence-corrected chi connectivity index (χ1v) is 17.3. The molecule has 0 bridgehead atoms. The van der Waals surface area contributed by atoms with E-state index in [9.17, 15) is 22.9 Å². The van der Waals surface area contributed by atoms with Crippen LogP contribution in [0.3, 0.4) is 0 Å². The summed E-state index contributed by atoms with van der Waals surface area (Å²) < 4.78 is 39.4. The molecule has 0 amide bonds. The largest absolute Gasteiger partial charge is 0.371 e. The van der Waals surface area contributed by atoms with E-state index >= 15 is 0 Å². The summed E-state index contributed by atoms with van der Waals surface area (Å²) in [5.41, 5.74) is 0.991.